The van der Waals surface area contributed by atoms with Gasteiger partial charge in [-0.1, -0.05) is 0 Å². The van der Waals surface area contributed by atoms with Crippen LogP contribution in [0.2, 0.25) is 0 Å². The largest absolute Gasteiger partial charge is 0.497 e. The number of aryl methyl sites for hydroxylation is 2. The molecule has 0 spiro atoms. The molecule has 3 saturated heterocycles. The van der Waals surface area contributed by atoms with Crippen LogP contribution in [0, 0.1) is 19.8 Å². The summed E-state index contributed by atoms with van der Waals surface area (Å²) in [6.07, 6.45) is 7.56. The molecule has 3 aliphatic rings. The second kappa shape index (κ2) is 12.2. The first kappa shape index (κ1) is 27.4. The van der Waals surface area contributed by atoms with Gasteiger partial charge in [-0.2, -0.15) is 4.31 Å². The van der Waals surface area contributed by atoms with Gasteiger partial charge in [0, 0.05) is 25.7 Å². The number of sulfonamides is 1. The lowest BCUT2D eigenvalue weighted by atomic mass is 9.93. The Hall–Kier alpha value is -1.68. The molecule has 9 heteroatoms. The van der Waals surface area contributed by atoms with Crippen LogP contribution in [0.3, 0.4) is 0 Å². The van der Waals surface area contributed by atoms with Gasteiger partial charge < -0.3 is 19.3 Å². The minimum atomic E-state index is -3.66. The molecule has 202 valence electrons. The fraction of sp³-hybridized carbons (Fsp3) is 0.741. The highest BCUT2D eigenvalue weighted by molar-refractivity contribution is 7.89. The zero-order valence-corrected chi connectivity index (χ0v) is 23.0. The minimum Gasteiger partial charge on any atom is -0.497 e. The van der Waals surface area contributed by atoms with Crippen molar-refractivity contribution in [3.63, 3.8) is 0 Å². The second-order valence-electron chi connectivity index (χ2n) is 10.7. The van der Waals surface area contributed by atoms with Crippen LogP contribution in [0.15, 0.2) is 17.0 Å². The number of hydrogen-bond acceptors (Lipinski definition) is 6. The summed E-state index contributed by atoms with van der Waals surface area (Å²) in [5.74, 6) is 1.37. The maximum Gasteiger partial charge on any atom is 0.248 e. The van der Waals surface area contributed by atoms with E-state index < -0.39 is 10.0 Å². The monoisotopic (exact) mass is 521 g/mol. The molecule has 1 unspecified atom stereocenters. The molecule has 8 nitrogen and oxygen atoms in total. The van der Waals surface area contributed by atoms with E-state index in [0.717, 1.165) is 38.8 Å². The highest BCUT2D eigenvalue weighted by atomic mass is 32.2. The topological polar surface area (TPSA) is 79.4 Å². The normalized spacial score (nSPS) is 22.4. The van der Waals surface area contributed by atoms with Crippen LogP contribution < -0.4 is 4.74 Å². The van der Waals surface area contributed by atoms with Crippen molar-refractivity contribution in [2.24, 2.45) is 5.92 Å². The van der Waals surface area contributed by atoms with Gasteiger partial charge in [-0.3, -0.25) is 4.79 Å². The lowest BCUT2D eigenvalue weighted by Crippen LogP contribution is -2.42. The highest BCUT2D eigenvalue weighted by Gasteiger charge is 2.37. The van der Waals surface area contributed by atoms with E-state index in [2.05, 4.69) is 4.90 Å². The Morgan fingerprint density at radius 3 is 2.28 bits per heavy atom. The highest BCUT2D eigenvalue weighted by Crippen LogP contribution is 2.32. The van der Waals surface area contributed by atoms with Crippen LogP contribution >= 0.6 is 0 Å². The van der Waals surface area contributed by atoms with E-state index in [0.29, 0.717) is 34.2 Å². The summed E-state index contributed by atoms with van der Waals surface area (Å²) in [5.41, 5.74) is 1.36. The molecule has 3 fully saturated rings. The molecule has 0 radical (unpaired) electrons. The number of carbonyl (C=O) groups excluding carboxylic acids is 1. The Labute approximate surface area is 217 Å². The summed E-state index contributed by atoms with van der Waals surface area (Å²) >= 11 is 0. The molecule has 0 aliphatic carbocycles. The molecule has 0 aromatic heterocycles. The summed E-state index contributed by atoms with van der Waals surface area (Å²) in [7, 11) is -2.09. The number of rotatable bonds is 10. The van der Waals surface area contributed by atoms with E-state index in [9.17, 15) is 13.2 Å². The van der Waals surface area contributed by atoms with E-state index in [4.69, 9.17) is 9.47 Å². The van der Waals surface area contributed by atoms with Gasteiger partial charge >= 0.3 is 0 Å². The van der Waals surface area contributed by atoms with Gasteiger partial charge in [0.25, 0.3) is 0 Å². The molecular weight excluding hydrogens is 478 g/mol. The third-order valence-corrected chi connectivity index (χ3v) is 10.4. The number of likely N-dealkylation sites (tertiary alicyclic amines) is 2. The number of nitrogens with zero attached hydrogens (tertiary/aromatic N) is 3. The molecule has 3 heterocycles. The van der Waals surface area contributed by atoms with E-state index in [-0.39, 0.29) is 25.2 Å². The molecular formula is C27H43N3O5S. The molecule has 1 atom stereocenters. The van der Waals surface area contributed by atoms with Gasteiger partial charge in [0.1, 0.15) is 12.4 Å². The molecule has 4 rings (SSSR count). The molecule has 0 bridgehead atoms. The molecule has 1 aromatic rings. The Bertz CT molecular complexity index is 978. The Balaban J connectivity index is 1.24. The van der Waals surface area contributed by atoms with Crippen molar-refractivity contribution in [3.8, 4) is 5.75 Å². The smallest absolute Gasteiger partial charge is 0.248 e. The van der Waals surface area contributed by atoms with Crippen molar-refractivity contribution in [2.75, 3.05) is 59.6 Å². The molecule has 0 saturated carbocycles. The summed E-state index contributed by atoms with van der Waals surface area (Å²) in [6.45, 7) is 9.62. The summed E-state index contributed by atoms with van der Waals surface area (Å²) in [6, 6.07) is 3.27. The second-order valence-corrected chi connectivity index (χ2v) is 12.5. The number of hydrogen-bond donors (Lipinski definition) is 0. The van der Waals surface area contributed by atoms with Gasteiger partial charge in [0.05, 0.1) is 18.6 Å². The van der Waals surface area contributed by atoms with E-state index in [1.54, 1.807) is 37.4 Å². The van der Waals surface area contributed by atoms with Gasteiger partial charge in [-0.05, 0) is 108 Å². The van der Waals surface area contributed by atoms with Crippen LogP contribution in [0.1, 0.15) is 56.1 Å². The maximum atomic E-state index is 13.5. The van der Waals surface area contributed by atoms with E-state index in [1.807, 2.05) is 4.90 Å². The molecule has 36 heavy (non-hydrogen) atoms. The first-order valence-electron chi connectivity index (χ1n) is 13.5. The van der Waals surface area contributed by atoms with E-state index in [1.165, 1.54) is 38.9 Å². The predicted octanol–water partition coefficient (Wildman–Crippen LogP) is 3.21. The van der Waals surface area contributed by atoms with Gasteiger partial charge in [0.15, 0.2) is 0 Å². The minimum absolute atomic E-state index is 0.0160. The lowest BCUT2D eigenvalue weighted by molar-refractivity contribution is -0.137. The van der Waals surface area contributed by atoms with Crippen molar-refractivity contribution in [3.05, 3.63) is 23.3 Å². The third kappa shape index (κ3) is 6.41. The molecule has 1 aromatic carbocycles. The van der Waals surface area contributed by atoms with Crippen molar-refractivity contribution >= 4 is 15.9 Å². The number of methoxy groups -OCH3 is 1. The van der Waals surface area contributed by atoms with Gasteiger partial charge in [-0.25, -0.2) is 8.42 Å². The molecule has 0 N–H and O–H groups in total. The SMILES string of the molecule is COc1cc(C)c(S(=O)(=O)N2CCCC2COCC(=O)N2CCC(CCN3CCCC3)CC2)c(C)c1. The Morgan fingerprint density at radius 1 is 0.972 bits per heavy atom. The molecule has 1 amide bonds. The zero-order valence-electron chi connectivity index (χ0n) is 22.2. The van der Waals surface area contributed by atoms with Crippen molar-refractivity contribution in [2.45, 2.75) is 69.7 Å². The van der Waals surface area contributed by atoms with Crippen LogP contribution in [0.25, 0.3) is 0 Å². The number of piperidine rings is 1. The number of benzene rings is 1. The van der Waals surface area contributed by atoms with Crippen LogP contribution in [0.5, 0.6) is 5.75 Å². The average molecular weight is 522 g/mol. The van der Waals surface area contributed by atoms with Crippen LogP contribution in [0.4, 0.5) is 0 Å². The first-order chi connectivity index (χ1) is 17.3. The van der Waals surface area contributed by atoms with Crippen molar-refractivity contribution in [1.82, 2.24) is 14.1 Å². The average Bonchev–Trinajstić information content (AvgIpc) is 3.55. The number of carbonyl (C=O) groups is 1. The van der Waals surface area contributed by atoms with Crippen molar-refractivity contribution < 1.29 is 22.7 Å². The van der Waals surface area contributed by atoms with Gasteiger partial charge in [-0.15, -0.1) is 0 Å². The molecule has 3 aliphatic heterocycles. The first-order valence-corrected chi connectivity index (χ1v) is 15.0. The third-order valence-electron chi connectivity index (χ3n) is 8.11. The van der Waals surface area contributed by atoms with E-state index >= 15 is 0 Å². The maximum absolute atomic E-state index is 13.5. The summed E-state index contributed by atoms with van der Waals surface area (Å²) < 4.78 is 39.8. The fourth-order valence-corrected chi connectivity index (χ4v) is 8.16. The van der Waals surface area contributed by atoms with Crippen molar-refractivity contribution in [1.29, 1.82) is 0 Å². The zero-order chi connectivity index (χ0) is 25.7. The van der Waals surface area contributed by atoms with Crippen LogP contribution in [-0.4, -0.2) is 94.1 Å². The number of ether oxygens (including phenoxy) is 2. The lowest BCUT2D eigenvalue weighted by Gasteiger charge is -2.33. The Morgan fingerprint density at radius 2 is 1.64 bits per heavy atom. The predicted molar refractivity (Wildman–Crippen MR) is 140 cm³/mol. The summed E-state index contributed by atoms with van der Waals surface area (Å²) in [4.78, 5) is 17.6. The van der Waals surface area contributed by atoms with Crippen LogP contribution in [-0.2, 0) is 19.6 Å². The quantitative estimate of drug-likeness (QED) is 0.471. The Kier molecular flexibility index (Phi) is 9.30. The van der Waals surface area contributed by atoms with Gasteiger partial charge in [0.2, 0.25) is 15.9 Å². The number of amides is 1. The fourth-order valence-electron chi connectivity index (χ4n) is 6.06. The standard InChI is InChI=1S/C27H43N3O5S/c1-21-17-25(34-3)18-22(2)27(21)36(32,33)30-13-6-7-24(30)19-35-20-26(31)29-15-9-23(10-16-29)8-14-28-11-4-5-12-28/h17-18,23-24H,4-16,19-20H2,1-3H3. The summed E-state index contributed by atoms with van der Waals surface area (Å²) in [5, 5.41) is 0.